The molecular formula is C19H19N7O2S. The van der Waals surface area contributed by atoms with Gasteiger partial charge in [0.1, 0.15) is 5.01 Å². The van der Waals surface area contributed by atoms with Gasteiger partial charge in [-0.1, -0.05) is 18.3 Å². The molecule has 0 bridgehead atoms. The summed E-state index contributed by atoms with van der Waals surface area (Å²) in [7, 11) is 1.63. The van der Waals surface area contributed by atoms with E-state index in [1.165, 1.54) is 22.2 Å². The van der Waals surface area contributed by atoms with E-state index in [4.69, 9.17) is 0 Å². The fourth-order valence-corrected chi connectivity index (χ4v) is 3.78. The first-order valence-electron chi connectivity index (χ1n) is 9.08. The number of aryl methyl sites for hydroxylation is 2. The van der Waals surface area contributed by atoms with Crippen LogP contribution in [0, 0.1) is 6.92 Å². The second kappa shape index (κ2) is 7.55. The molecule has 0 spiro atoms. The van der Waals surface area contributed by atoms with E-state index >= 15 is 0 Å². The highest BCUT2D eigenvalue weighted by molar-refractivity contribution is 7.19. The average Bonchev–Trinajstić information content (AvgIpc) is 3.29. The summed E-state index contributed by atoms with van der Waals surface area (Å²) >= 11 is 1.46. The molecule has 0 aliphatic rings. The van der Waals surface area contributed by atoms with Crippen molar-refractivity contribution in [3.8, 4) is 10.6 Å². The molecule has 1 N–H and O–H groups in total. The van der Waals surface area contributed by atoms with Crippen LogP contribution in [0.2, 0.25) is 0 Å². The van der Waals surface area contributed by atoms with Crippen LogP contribution < -0.4 is 10.9 Å². The Bertz CT molecular complexity index is 1250. The lowest BCUT2D eigenvalue weighted by Crippen LogP contribution is -2.24. The van der Waals surface area contributed by atoms with Gasteiger partial charge in [0.15, 0.2) is 5.82 Å². The second-order valence-electron chi connectivity index (χ2n) is 6.61. The Balaban J connectivity index is 1.47. The number of rotatable bonds is 5. The number of anilines is 1. The molecule has 0 fully saturated rings. The van der Waals surface area contributed by atoms with Gasteiger partial charge in [-0.05, 0) is 31.2 Å². The number of nitrogens with zero attached hydrogens (tertiary/aromatic N) is 6. The number of amides is 1. The van der Waals surface area contributed by atoms with E-state index in [1.807, 2.05) is 31.2 Å². The zero-order valence-corrected chi connectivity index (χ0v) is 17.0. The predicted molar refractivity (Wildman–Crippen MR) is 110 cm³/mol. The number of hydrogen-bond donors (Lipinski definition) is 1. The highest BCUT2D eigenvalue weighted by atomic mass is 32.1. The number of benzene rings is 1. The Labute approximate surface area is 170 Å². The number of nitrogens with one attached hydrogen (secondary N) is 1. The summed E-state index contributed by atoms with van der Waals surface area (Å²) in [6, 6.07) is 7.44. The standard InChI is InChI=1S/C19H19N7O2S/c1-4-15-22-23-19-26(15)24-17(29-19)12-5-7-13(8-6-12)21-16(27)9-14-11(2)18(28)25(3)10-20-14/h5-8,10H,4,9H2,1-3H3,(H,21,27). The number of carbonyl (C=O) groups excluding carboxylic acids is 1. The largest absolute Gasteiger partial charge is 0.326 e. The van der Waals surface area contributed by atoms with Gasteiger partial charge < -0.3 is 9.88 Å². The number of carbonyl (C=O) groups is 1. The summed E-state index contributed by atoms with van der Waals surface area (Å²) in [4.78, 5) is 29.3. The molecule has 0 saturated carbocycles. The van der Waals surface area contributed by atoms with Gasteiger partial charge in [0, 0.05) is 30.3 Å². The minimum absolute atomic E-state index is 0.0418. The number of fused-ring (bicyclic) bond motifs is 1. The lowest BCUT2D eigenvalue weighted by Gasteiger charge is -2.08. The lowest BCUT2D eigenvalue weighted by molar-refractivity contribution is -0.115. The molecule has 9 nitrogen and oxygen atoms in total. The second-order valence-corrected chi connectivity index (χ2v) is 7.56. The highest BCUT2D eigenvalue weighted by Crippen LogP contribution is 2.26. The Morgan fingerprint density at radius 2 is 1.97 bits per heavy atom. The van der Waals surface area contributed by atoms with Crippen molar-refractivity contribution in [2.24, 2.45) is 7.05 Å². The molecule has 3 aromatic heterocycles. The molecular weight excluding hydrogens is 390 g/mol. The molecule has 0 saturated heterocycles. The third-order valence-electron chi connectivity index (χ3n) is 4.58. The maximum Gasteiger partial charge on any atom is 0.256 e. The molecule has 10 heteroatoms. The summed E-state index contributed by atoms with van der Waals surface area (Å²) in [5.41, 5.74) is 2.41. The van der Waals surface area contributed by atoms with E-state index in [0.717, 1.165) is 27.8 Å². The van der Waals surface area contributed by atoms with E-state index in [0.29, 0.717) is 16.9 Å². The van der Waals surface area contributed by atoms with Crippen molar-refractivity contribution in [3.05, 3.63) is 58.0 Å². The Morgan fingerprint density at radius 3 is 2.69 bits per heavy atom. The third kappa shape index (κ3) is 3.66. The average molecular weight is 409 g/mol. The van der Waals surface area contributed by atoms with Crippen molar-refractivity contribution >= 4 is 27.9 Å². The highest BCUT2D eigenvalue weighted by Gasteiger charge is 2.13. The normalized spacial score (nSPS) is 11.1. The lowest BCUT2D eigenvalue weighted by atomic mass is 10.1. The minimum atomic E-state index is -0.229. The van der Waals surface area contributed by atoms with Crippen LogP contribution in [0.15, 0.2) is 35.4 Å². The van der Waals surface area contributed by atoms with Crippen molar-refractivity contribution in [1.82, 2.24) is 29.4 Å². The van der Waals surface area contributed by atoms with Gasteiger partial charge in [0.25, 0.3) is 5.56 Å². The van der Waals surface area contributed by atoms with Crippen molar-refractivity contribution in [2.45, 2.75) is 26.7 Å². The van der Waals surface area contributed by atoms with Crippen LogP contribution >= 0.6 is 11.3 Å². The fraction of sp³-hybridized carbons (Fsp3) is 0.263. The van der Waals surface area contributed by atoms with E-state index in [-0.39, 0.29) is 17.9 Å². The maximum atomic E-state index is 12.3. The Morgan fingerprint density at radius 1 is 1.21 bits per heavy atom. The molecule has 1 aromatic carbocycles. The summed E-state index contributed by atoms with van der Waals surface area (Å²) in [5.74, 6) is 0.596. The van der Waals surface area contributed by atoms with Crippen LogP contribution in [0.5, 0.6) is 0 Å². The molecule has 0 aliphatic carbocycles. The molecule has 4 aromatic rings. The van der Waals surface area contributed by atoms with Gasteiger partial charge in [0.2, 0.25) is 10.9 Å². The van der Waals surface area contributed by atoms with E-state index in [2.05, 4.69) is 25.6 Å². The Hall–Kier alpha value is -3.40. The van der Waals surface area contributed by atoms with Crippen LogP contribution in [0.3, 0.4) is 0 Å². The van der Waals surface area contributed by atoms with Crippen LogP contribution in [0.1, 0.15) is 24.0 Å². The first-order chi connectivity index (χ1) is 14.0. The molecule has 4 rings (SSSR count). The smallest absolute Gasteiger partial charge is 0.256 e. The van der Waals surface area contributed by atoms with Gasteiger partial charge >= 0.3 is 0 Å². The fourth-order valence-electron chi connectivity index (χ4n) is 2.92. The number of aromatic nitrogens is 6. The minimum Gasteiger partial charge on any atom is -0.326 e. The van der Waals surface area contributed by atoms with Crippen molar-refractivity contribution in [3.63, 3.8) is 0 Å². The van der Waals surface area contributed by atoms with Crippen LogP contribution in [0.4, 0.5) is 5.69 Å². The third-order valence-corrected chi connectivity index (χ3v) is 5.52. The molecule has 0 atom stereocenters. The van der Waals surface area contributed by atoms with Gasteiger partial charge in [-0.25, -0.2) is 4.98 Å². The summed E-state index contributed by atoms with van der Waals surface area (Å²) in [6.45, 7) is 3.69. The van der Waals surface area contributed by atoms with Gasteiger partial charge in [-0.2, -0.15) is 9.61 Å². The van der Waals surface area contributed by atoms with Gasteiger partial charge in [-0.15, -0.1) is 10.2 Å². The Kier molecular flexibility index (Phi) is 4.93. The van der Waals surface area contributed by atoms with E-state index < -0.39 is 0 Å². The summed E-state index contributed by atoms with van der Waals surface area (Å²) in [6.07, 6.45) is 2.23. The van der Waals surface area contributed by atoms with Crippen LogP contribution in [0.25, 0.3) is 15.5 Å². The van der Waals surface area contributed by atoms with Crippen LogP contribution in [-0.4, -0.2) is 35.3 Å². The summed E-state index contributed by atoms with van der Waals surface area (Å²) < 4.78 is 3.15. The SMILES string of the molecule is CCc1nnc2sc(-c3ccc(NC(=O)Cc4ncn(C)c(=O)c4C)cc3)nn12. The van der Waals surface area contributed by atoms with Crippen molar-refractivity contribution in [1.29, 1.82) is 0 Å². The zero-order chi connectivity index (χ0) is 20.5. The van der Waals surface area contributed by atoms with E-state index in [1.54, 1.807) is 18.5 Å². The maximum absolute atomic E-state index is 12.3. The molecule has 3 heterocycles. The van der Waals surface area contributed by atoms with Gasteiger partial charge in [-0.3, -0.25) is 9.59 Å². The molecule has 148 valence electrons. The summed E-state index contributed by atoms with van der Waals surface area (Å²) in [5, 5.41) is 16.5. The van der Waals surface area contributed by atoms with Crippen molar-refractivity contribution < 1.29 is 4.79 Å². The monoisotopic (exact) mass is 409 g/mol. The molecule has 0 radical (unpaired) electrons. The first-order valence-corrected chi connectivity index (χ1v) is 9.90. The molecule has 1 amide bonds. The molecule has 29 heavy (non-hydrogen) atoms. The molecule has 0 unspecified atom stereocenters. The number of hydrogen-bond acceptors (Lipinski definition) is 7. The predicted octanol–water partition coefficient (Wildman–Crippen LogP) is 2.00. The quantitative estimate of drug-likeness (QED) is 0.540. The molecule has 0 aliphatic heterocycles. The first kappa shape index (κ1) is 18.9. The van der Waals surface area contributed by atoms with Gasteiger partial charge in [0.05, 0.1) is 18.4 Å². The van der Waals surface area contributed by atoms with Crippen molar-refractivity contribution in [2.75, 3.05) is 5.32 Å². The van der Waals surface area contributed by atoms with E-state index in [9.17, 15) is 9.59 Å². The zero-order valence-electron chi connectivity index (χ0n) is 16.2. The van der Waals surface area contributed by atoms with Crippen LogP contribution in [-0.2, 0) is 24.7 Å². The topological polar surface area (TPSA) is 107 Å².